The van der Waals surface area contributed by atoms with E-state index in [9.17, 15) is 0 Å². The summed E-state index contributed by atoms with van der Waals surface area (Å²) in [4.78, 5) is 12.2. The first-order valence-electron chi connectivity index (χ1n) is 6.22. The third kappa shape index (κ3) is 4.88. The number of guanidine groups is 1. The van der Waals surface area contributed by atoms with Crippen LogP contribution in [0.25, 0.3) is 0 Å². The van der Waals surface area contributed by atoms with Crippen molar-refractivity contribution in [2.24, 2.45) is 10.7 Å². The van der Waals surface area contributed by atoms with E-state index in [2.05, 4.69) is 14.9 Å². The summed E-state index contributed by atoms with van der Waals surface area (Å²) in [6.45, 7) is 7.97. The third-order valence-corrected chi connectivity index (χ3v) is 4.08. The molecule has 5 nitrogen and oxygen atoms in total. The Labute approximate surface area is 135 Å². The van der Waals surface area contributed by atoms with Crippen molar-refractivity contribution in [1.29, 1.82) is 0 Å². The summed E-state index contributed by atoms with van der Waals surface area (Å²) in [6.07, 6.45) is 0.919. The van der Waals surface area contributed by atoms with Crippen molar-refractivity contribution in [2.45, 2.75) is 20.3 Å². The van der Waals surface area contributed by atoms with Crippen molar-refractivity contribution in [2.75, 3.05) is 32.8 Å². The van der Waals surface area contributed by atoms with Crippen molar-refractivity contribution in [3.05, 3.63) is 15.6 Å². The number of hydrogen-bond acceptors (Lipinski definition) is 4. The van der Waals surface area contributed by atoms with Crippen LogP contribution in [0.5, 0.6) is 0 Å². The highest BCUT2D eigenvalue weighted by atomic mass is 127. The van der Waals surface area contributed by atoms with Gasteiger partial charge in [-0.15, -0.1) is 35.3 Å². The van der Waals surface area contributed by atoms with Gasteiger partial charge in [-0.05, 0) is 13.8 Å². The predicted molar refractivity (Wildman–Crippen MR) is 89.6 cm³/mol. The highest BCUT2D eigenvalue weighted by molar-refractivity contribution is 14.0. The Morgan fingerprint density at radius 3 is 2.68 bits per heavy atom. The summed E-state index contributed by atoms with van der Waals surface area (Å²) in [5.74, 6) is 0.636. The molecule has 0 amide bonds. The first-order chi connectivity index (χ1) is 8.66. The van der Waals surface area contributed by atoms with Crippen LogP contribution >= 0.6 is 35.3 Å². The predicted octanol–water partition coefficient (Wildman–Crippen LogP) is 1.57. The summed E-state index contributed by atoms with van der Waals surface area (Å²) in [6, 6.07) is 0. The molecule has 0 aliphatic carbocycles. The van der Waals surface area contributed by atoms with E-state index in [1.807, 2.05) is 13.8 Å². The molecule has 0 saturated carbocycles. The molecule has 1 aliphatic rings. The van der Waals surface area contributed by atoms with E-state index in [4.69, 9.17) is 10.5 Å². The van der Waals surface area contributed by atoms with Crippen molar-refractivity contribution in [1.82, 2.24) is 9.88 Å². The van der Waals surface area contributed by atoms with Crippen molar-refractivity contribution >= 4 is 41.3 Å². The number of morpholine rings is 1. The molecule has 0 aromatic carbocycles. The van der Waals surface area contributed by atoms with E-state index in [0.717, 1.165) is 50.0 Å². The smallest absolute Gasteiger partial charge is 0.191 e. The molecule has 0 unspecified atom stereocenters. The molecular formula is C12H21IN4OS. The molecule has 1 aliphatic heterocycles. The zero-order valence-corrected chi connectivity index (χ0v) is 14.5. The van der Waals surface area contributed by atoms with Gasteiger partial charge < -0.3 is 15.4 Å². The summed E-state index contributed by atoms with van der Waals surface area (Å²) >= 11 is 1.75. The Morgan fingerprint density at radius 1 is 1.42 bits per heavy atom. The highest BCUT2D eigenvalue weighted by Gasteiger charge is 2.12. The summed E-state index contributed by atoms with van der Waals surface area (Å²) in [7, 11) is 0. The largest absolute Gasteiger partial charge is 0.378 e. The number of nitrogens with zero attached hydrogens (tertiary/aromatic N) is 3. The fraction of sp³-hybridized carbons (Fsp3) is 0.667. The first kappa shape index (κ1) is 16.6. The summed E-state index contributed by atoms with van der Waals surface area (Å²) in [5, 5.41) is 1.12. The van der Waals surface area contributed by atoms with Crippen LogP contribution in [-0.2, 0) is 11.2 Å². The Hall–Kier alpha value is -0.410. The lowest BCUT2D eigenvalue weighted by molar-refractivity contribution is 0.0674. The van der Waals surface area contributed by atoms with Gasteiger partial charge in [-0.3, -0.25) is 4.99 Å². The van der Waals surface area contributed by atoms with Crippen molar-refractivity contribution in [3.63, 3.8) is 0 Å². The second-order valence-electron chi connectivity index (χ2n) is 4.33. The second kappa shape index (κ2) is 8.01. The lowest BCUT2D eigenvalue weighted by atomic mass is 10.3. The molecule has 1 saturated heterocycles. The van der Waals surface area contributed by atoms with Gasteiger partial charge in [0.2, 0.25) is 0 Å². The molecule has 108 valence electrons. The number of rotatable bonds is 3. The number of thiazole rings is 1. The molecule has 1 aromatic rings. The lowest BCUT2D eigenvalue weighted by Crippen LogP contribution is -2.44. The molecule has 2 N–H and O–H groups in total. The van der Waals surface area contributed by atoms with Crippen LogP contribution in [0, 0.1) is 13.8 Å². The van der Waals surface area contributed by atoms with Gasteiger partial charge in [0.1, 0.15) is 0 Å². The molecule has 0 atom stereocenters. The van der Waals surface area contributed by atoms with Gasteiger partial charge in [-0.1, -0.05) is 0 Å². The van der Waals surface area contributed by atoms with Crippen LogP contribution in [0.4, 0.5) is 0 Å². The Morgan fingerprint density at radius 2 is 2.11 bits per heavy atom. The molecule has 2 heterocycles. The third-order valence-electron chi connectivity index (χ3n) is 2.95. The van der Waals surface area contributed by atoms with Gasteiger partial charge >= 0.3 is 0 Å². The molecule has 1 fully saturated rings. The maximum atomic E-state index is 5.96. The fourth-order valence-electron chi connectivity index (χ4n) is 1.97. The van der Waals surface area contributed by atoms with Gasteiger partial charge in [0.15, 0.2) is 5.96 Å². The quantitative estimate of drug-likeness (QED) is 0.479. The zero-order valence-electron chi connectivity index (χ0n) is 11.4. The van der Waals surface area contributed by atoms with Crippen LogP contribution in [-0.4, -0.2) is 48.7 Å². The maximum absolute atomic E-state index is 5.96. The topological polar surface area (TPSA) is 63.7 Å². The number of hydrogen-bond donors (Lipinski definition) is 1. The molecule has 19 heavy (non-hydrogen) atoms. The normalized spacial score (nSPS) is 16.3. The number of ether oxygens (including phenoxy) is 1. The average molecular weight is 396 g/mol. The second-order valence-corrected chi connectivity index (χ2v) is 5.62. The molecule has 0 bridgehead atoms. The number of aliphatic imine (C=N–C) groups is 1. The molecular weight excluding hydrogens is 375 g/mol. The minimum absolute atomic E-state index is 0. The van der Waals surface area contributed by atoms with Gasteiger partial charge in [0.05, 0.1) is 23.9 Å². The van der Waals surface area contributed by atoms with Gasteiger partial charge in [0, 0.05) is 30.9 Å². The van der Waals surface area contributed by atoms with Gasteiger partial charge in [-0.25, -0.2) is 4.98 Å². The first-order valence-corrected chi connectivity index (χ1v) is 7.04. The summed E-state index contributed by atoms with van der Waals surface area (Å²) < 4.78 is 5.28. The number of aryl methyl sites for hydroxylation is 2. The van der Waals surface area contributed by atoms with Crippen LogP contribution in [0.1, 0.15) is 15.6 Å². The SMILES string of the molecule is Cc1nc(C)c(CCN=C(N)N2CCOCC2)s1.I. The van der Waals surface area contributed by atoms with E-state index >= 15 is 0 Å². The highest BCUT2D eigenvalue weighted by Crippen LogP contribution is 2.17. The zero-order chi connectivity index (χ0) is 13.0. The average Bonchev–Trinajstić information content (AvgIpc) is 2.69. The van der Waals surface area contributed by atoms with E-state index in [1.54, 1.807) is 11.3 Å². The number of nitrogens with two attached hydrogens (primary N) is 1. The van der Waals surface area contributed by atoms with E-state index in [1.165, 1.54) is 4.88 Å². The lowest BCUT2D eigenvalue weighted by Gasteiger charge is -2.27. The van der Waals surface area contributed by atoms with Gasteiger partial charge in [0.25, 0.3) is 0 Å². The maximum Gasteiger partial charge on any atom is 0.191 e. The summed E-state index contributed by atoms with van der Waals surface area (Å²) in [5.41, 5.74) is 7.09. The van der Waals surface area contributed by atoms with E-state index in [0.29, 0.717) is 5.96 Å². The van der Waals surface area contributed by atoms with Crippen LogP contribution < -0.4 is 5.73 Å². The van der Waals surface area contributed by atoms with Crippen molar-refractivity contribution in [3.8, 4) is 0 Å². The van der Waals surface area contributed by atoms with Crippen LogP contribution in [0.3, 0.4) is 0 Å². The molecule has 2 rings (SSSR count). The standard InChI is InChI=1S/C12H20N4OS.HI/c1-9-11(18-10(2)15-9)3-4-14-12(13)16-5-7-17-8-6-16;/h3-8H2,1-2H3,(H2,13,14);1H. The van der Waals surface area contributed by atoms with Crippen LogP contribution in [0.2, 0.25) is 0 Å². The Balaban J connectivity index is 0.00000180. The molecule has 1 aromatic heterocycles. The van der Waals surface area contributed by atoms with E-state index in [-0.39, 0.29) is 24.0 Å². The van der Waals surface area contributed by atoms with Gasteiger partial charge in [-0.2, -0.15) is 0 Å². The molecule has 7 heteroatoms. The van der Waals surface area contributed by atoms with Crippen molar-refractivity contribution < 1.29 is 4.74 Å². The van der Waals surface area contributed by atoms with E-state index < -0.39 is 0 Å². The minimum atomic E-state index is 0. The molecule has 0 radical (unpaired) electrons. The number of aromatic nitrogens is 1. The minimum Gasteiger partial charge on any atom is -0.378 e. The fourth-order valence-corrected chi connectivity index (χ4v) is 2.90. The monoisotopic (exact) mass is 396 g/mol. The number of halogens is 1. The Bertz CT molecular complexity index is 429. The van der Waals surface area contributed by atoms with Crippen LogP contribution in [0.15, 0.2) is 4.99 Å². The Kier molecular flexibility index (Phi) is 7.01. The molecule has 0 spiro atoms.